The van der Waals surface area contributed by atoms with E-state index in [1.165, 1.54) is 0 Å². The number of hydrazine groups is 1. The number of guanidine groups is 1. The Morgan fingerprint density at radius 2 is 2.21 bits per heavy atom. The molecule has 70 valence electrons. The summed E-state index contributed by atoms with van der Waals surface area (Å²) in [5.41, 5.74) is 8.18. The Kier molecular flexibility index (Phi) is 1.54. The molecule has 1 aromatic carbocycles. The monoisotopic (exact) mass is 186 g/mol. The summed E-state index contributed by atoms with van der Waals surface area (Å²) in [6.07, 6.45) is 4.10. The molecule has 0 aliphatic carbocycles. The van der Waals surface area contributed by atoms with Gasteiger partial charge in [-0.1, -0.05) is 18.2 Å². The molecule has 0 spiro atoms. The molecule has 4 nitrogen and oxygen atoms in total. The summed E-state index contributed by atoms with van der Waals surface area (Å²) < 4.78 is 0. The fourth-order valence-electron chi connectivity index (χ4n) is 1.58. The number of nitrogens with one attached hydrogen (secondary N) is 2. The highest BCUT2D eigenvalue weighted by molar-refractivity contribution is 5.88. The van der Waals surface area contributed by atoms with Crippen LogP contribution in [0.5, 0.6) is 0 Å². The van der Waals surface area contributed by atoms with Gasteiger partial charge in [0, 0.05) is 11.8 Å². The molecule has 0 unspecified atom stereocenters. The molecule has 2 heterocycles. The van der Waals surface area contributed by atoms with Gasteiger partial charge in [-0.15, -0.1) is 0 Å². The van der Waals surface area contributed by atoms with Crippen LogP contribution in [0.2, 0.25) is 0 Å². The van der Waals surface area contributed by atoms with Crippen molar-refractivity contribution in [3.63, 3.8) is 0 Å². The Morgan fingerprint density at radius 3 is 3.21 bits per heavy atom. The zero-order valence-electron chi connectivity index (χ0n) is 7.57. The van der Waals surface area contributed by atoms with Crippen LogP contribution in [-0.4, -0.2) is 17.5 Å². The molecular weight excluding hydrogens is 176 g/mol. The minimum absolute atomic E-state index is 0.753. The Morgan fingerprint density at radius 1 is 1.29 bits per heavy atom. The summed E-state index contributed by atoms with van der Waals surface area (Å²) in [5, 5.41) is 0. The van der Waals surface area contributed by atoms with Gasteiger partial charge in [0.15, 0.2) is 0 Å². The molecule has 0 amide bonds. The number of hydrogen-bond acceptors (Lipinski definition) is 4. The molecular formula is C10H10N4. The van der Waals surface area contributed by atoms with Crippen molar-refractivity contribution in [2.24, 2.45) is 4.99 Å². The van der Waals surface area contributed by atoms with Crippen molar-refractivity contribution in [1.82, 2.24) is 15.8 Å². The van der Waals surface area contributed by atoms with E-state index in [2.05, 4.69) is 28.0 Å². The number of hydrogen-bond donors (Lipinski definition) is 2. The highest BCUT2D eigenvalue weighted by Gasteiger charge is 2.17. The van der Waals surface area contributed by atoms with Crippen LogP contribution in [0.4, 0.5) is 5.69 Å². The summed E-state index contributed by atoms with van der Waals surface area (Å²) in [6, 6.07) is 8.09. The van der Waals surface area contributed by atoms with Crippen LogP contribution < -0.4 is 10.9 Å². The largest absolute Gasteiger partial charge is 0.303 e. The van der Waals surface area contributed by atoms with Crippen LogP contribution in [0.1, 0.15) is 5.56 Å². The van der Waals surface area contributed by atoms with E-state index in [1.54, 1.807) is 0 Å². The van der Waals surface area contributed by atoms with E-state index in [1.807, 2.05) is 29.3 Å². The zero-order valence-corrected chi connectivity index (χ0v) is 7.57. The molecule has 0 atom stereocenters. The Bertz CT molecular complexity index is 422. The molecule has 2 aliphatic rings. The van der Waals surface area contributed by atoms with E-state index in [9.17, 15) is 0 Å². The summed E-state index contributed by atoms with van der Waals surface area (Å²) in [4.78, 5) is 6.54. The average molecular weight is 186 g/mol. The number of rotatable bonds is 0. The third-order valence-corrected chi connectivity index (χ3v) is 2.32. The molecule has 0 bridgehead atoms. The molecule has 1 fully saturated rings. The molecule has 14 heavy (non-hydrogen) atoms. The number of nitrogens with zero attached hydrogens (tertiary/aromatic N) is 2. The second-order valence-corrected chi connectivity index (χ2v) is 3.24. The minimum atomic E-state index is 0.753. The lowest BCUT2D eigenvalue weighted by molar-refractivity contribution is 0.561. The lowest BCUT2D eigenvalue weighted by Crippen LogP contribution is -2.27. The molecule has 1 aromatic rings. The van der Waals surface area contributed by atoms with Gasteiger partial charge in [-0.05, 0) is 12.1 Å². The van der Waals surface area contributed by atoms with Crippen molar-refractivity contribution in [1.29, 1.82) is 0 Å². The van der Waals surface area contributed by atoms with Gasteiger partial charge in [-0.3, -0.25) is 5.43 Å². The van der Waals surface area contributed by atoms with Crippen molar-refractivity contribution in [2.45, 2.75) is 0 Å². The van der Waals surface area contributed by atoms with E-state index in [0.29, 0.717) is 0 Å². The van der Waals surface area contributed by atoms with Crippen LogP contribution in [-0.2, 0) is 0 Å². The number of para-hydroxylation sites is 1. The van der Waals surface area contributed by atoms with Crippen molar-refractivity contribution in [3.8, 4) is 0 Å². The molecule has 2 aliphatic heterocycles. The second-order valence-electron chi connectivity index (χ2n) is 3.24. The van der Waals surface area contributed by atoms with Gasteiger partial charge in [-0.25, -0.2) is 10.4 Å². The first-order valence-electron chi connectivity index (χ1n) is 4.55. The second kappa shape index (κ2) is 2.85. The summed E-state index contributed by atoms with van der Waals surface area (Å²) in [7, 11) is 0. The van der Waals surface area contributed by atoms with Crippen molar-refractivity contribution in [3.05, 3.63) is 36.0 Å². The van der Waals surface area contributed by atoms with E-state index in [-0.39, 0.29) is 0 Å². The lowest BCUT2D eigenvalue weighted by atomic mass is 10.2. The van der Waals surface area contributed by atoms with Crippen LogP contribution in [0.3, 0.4) is 0 Å². The normalized spacial score (nSPS) is 18.0. The van der Waals surface area contributed by atoms with Crippen molar-refractivity contribution >= 4 is 17.7 Å². The Balaban J connectivity index is 2.15. The number of aliphatic imine (C=N–C) groups is 1. The summed E-state index contributed by atoms with van der Waals surface area (Å²) in [5.74, 6) is 0.853. The molecule has 0 saturated carbocycles. The fraction of sp³-hybridized carbons (Fsp3) is 0.100. The first-order valence-corrected chi connectivity index (χ1v) is 4.55. The van der Waals surface area contributed by atoms with Gasteiger partial charge in [0.2, 0.25) is 5.96 Å². The highest BCUT2D eigenvalue weighted by atomic mass is 15.6. The first kappa shape index (κ1) is 7.58. The van der Waals surface area contributed by atoms with Crippen molar-refractivity contribution in [2.75, 3.05) is 6.67 Å². The van der Waals surface area contributed by atoms with Gasteiger partial charge in [0.05, 0.1) is 12.4 Å². The van der Waals surface area contributed by atoms with Gasteiger partial charge in [0.1, 0.15) is 0 Å². The fourth-order valence-corrected chi connectivity index (χ4v) is 1.58. The highest BCUT2D eigenvalue weighted by Crippen LogP contribution is 2.23. The molecule has 2 N–H and O–H groups in total. The maximum absolute atomic E-state index is 4.51. The number of benzene rings is 1. The maximum atomic E-state index is 4.51. The predicted molar refractivity (Wildman–Crippen MR) is 55.5 cm³/mol. The molecule has 0 radical (unpaired) electrons. The third kappa shape index (κ3) is 1.08. The average Bonchev–Trinajstić information content (AvgIpc) is 2.58. The van der Waals surface area contributed by atoms with Gasteiger partial charge >= 0.3 is 0 Å². The van der Waals surface area contributed by atoms with Crippen molar-refractivity contribution < 1.29 is 0 Å². The number of fused-ring (bicyclic) bond motifs is 2. The predicted octanol–water partition coefficient (Wildman–Crippen LogP) is 1.03. The minimum Gasteiger partial charge on any atom is -0.303 e. The topological polar surface area (TPSA) is 39.7 Å². The van der Waals surface area contributed by atoms with Crippen LogP contribution in [0.25, 0.3) is 6.08 Å². The smallest absolute Gasteiger partial charge is 0.219 e. The Labute approximate surface area is 81.9 Å². The van der Waals surface area contributed by atoms with Crippen LogP contribution in [0.15, 0.2) is 35.5 Å². The molecule has 1 saturated heterocycles. The van der Waals surface area contributed by atoms with Gasteiger partial charge in [-0.2, -0.15) is 0 Å². The molecule has 3 rings (SSSR count). The summed E-state index contributed by atoms with van der Waals surface area (Å²) in [6.45, 7) is 0.753. The maximum Gasteiger partial charge on any atom is 0.219 e. The molecule has 0 aromatic heterocycles. The van der Waals surface area contributed by atoms with Crippen LogP contribution >= 0.6 is 0 Å². The quantitative estimate of drug-likeness (QED) is 0.635. The van der Waals surface area contributed by atoms with E-state index in [0.717, 1.165) is 23.9 Å². The zero-order chi connectivity index (χ0) is 9.38. The van der Waals surface area contributed by atoms with Gasteiger partial charge < -0.3 is 4.90 Å². The Hall–Kier alpha value is -1.81. The van der Waals surface area contributed by atoms with Gasteiger partial charge in [0.25, 0.3) is 0 Å². The third-order valence-electron chi connectivity index (χ3n) is 2.32. The lowest BCUT2D eigenvalue weighted by Gasteiger charge is -2.07. The van der Waals surface area contributed by atoms with E-state index >= 15 is 0 Å². The van der Waals surface area contributed by atoms with E-state index in [4.69, 9.17) is 0 Å². The molecule has 4 heteroatoms. The standard InChI is InChI=1S/C10H10N4/c1-2-4-9-8(3-1)5-6-14-7-11-13-10(14)12-9/h1-6,11H,7H2,(H,12,13). The SMILES string of the molecule is C1=CN2CNNC2=Nc2ccccc21. The van der Waals surface area contributed by atoms with E-state index < -0.39 is 0 Å². The summed E-state index contributed by atoms with van der Waals surface area (Å²) >= 11 is 0. The van der Waals surface area contributed by atoms with Crippen LogP contribution in [0, 0.1) is 0 Å². The first-order chi connectivity index (χ1) is 6.93.